The van der Waals surface area contributed by atoms with Crippen LogP contribution < -0.4 is 0 Å². The summed E-state index contributed by atoms with van der Waals surface area (Å²) in [5, 5.41) is 9.46. The van der Waals surface area contributed by atoms with Gasteiger partial charge in [-0.25, -0.2) is 0 Å². The molecule has 0 aliphatic heterocycles. The highest BCUT2D eigenvalue weighted by Gasteiger charge is 1.95. The molecule has 2 heteroatoms. The molecule has 1 heterocycles. The van der Waals surface area contributed by atoms with E-state index < -0.39 is 0 Å². The van der Waals surface area contributed by atoms with Crippen molar-refractivity contribution in [1.82, 2.24) is 10.2 Å². The Bertz CT molecular complexity index is 377. The van der Waals surface area contributed by atoms with Crippen molar-refractivity contribution in [1.29, 1.82) is 0 Å². The van der Waals surface area contributed by atoms with Gasteiger partial charge in [0.25, 0.3) is 0 Å². The molecule has 52 valence electrons. The van der Waals surface area contributed by atoms with Gasteiger partial charge in [-0.3, -0.25) is 0 Å². The lowest BCUT2D eigenvalue weighted by Gasteiger charge is -1.96. The Kier molecular flexibility index (Phi) is 1.32. The molecule has 0 saturated heterocycles. The van der Waals surface area contributed by atoms with Crippen LogP contribution in [0.4, 0.5) is 0 Å². The summed E-state index contributed by atoms with van der Waals surface area (Å²) < 4.78 is 0. The van der Waals surface area contributed by atoms with Crippen LogP contribution in [0, 0.1) is 6.92 Å². The van der Waals surface area contributed by atoms with Crippen LogP contribution in [0.1, 0.15) is 5.69 Å². The summed E-state index contributed by atoms with van der Waals surface area (Å²) in [6.45, 7) is 5.58. The van der Waals surface area contributed by atoms with Gasteiger partial charge < -0.3 is 0 Å². The zero-order valence-corrected chi connectivity index (χ0v) is 5.86. The van der Waals surface area contributed by atoms with E-state index in [9.17, 15) is 0 Å². The van der Waals surface area contributed by atoms with Crippen molar-refractivity contribution in [2.75, 3.05) is 0 Å². The van der Waals surface area contributed by atoms with E-state index in [0.29, 0.717) is 5.69 Å². The molecule has 0 atom stereocenters. The third-order valence-electron chi connectivity index (χ3n) is 1.60. The topological polar surface area (TPSA) is 25.8 Å². The van der Waals surface area contributed by atoms with E-state index in [1.165, 1.54) is 0 Å². The van der Waals surface area contributed by atoms with Gasteiger partial charge in [0.1, 0.15) is 0 Å². The Labute approximate surface area is 64.9 Å². The minimum atomic E-state index is 0.489. The summed E-state index contributed by atoms with van der Waals surface area (Å²) in [5.74, 6) is 0. The minimum absolute atomic E-state index is 0.489. The number of fused-ring (bicyclic) bond motifs is 1. The SMILES string of the molecule is [CH]c1nncc2ccccc12. The minimum Gasteiger partial charge on any atom is -0.158 e. The number of benzene rings is 1. The van der Waals surface area contributed by atoms with E-state index >= 15 is 0 Å². The average molecular weight is 142 g/mol. The predicted octanol–water partition coefficient (Wildman–Crippen LogP) is 1.69. The molecule has 11 heavy (non-hydrogen) atoms. The van der Waals surface area contributed by atoms with Gasteiger partial charge in [0.15, 0.2) is 0 Å². The van der Waals surface area contributed by atoms with E-state index in [0.717, 1.165) is 10.8 Å². The largest absolute Gasteiger partial charge is 0.158 e. The summed E-state index contributed by atoms with van der Waals surface area (Å²) in [6.07, 6.45) is 1.70. The van der Waals surface area contributed by atoms with Gasteiger partial charge in [-0.15, -0.1) is 0 Å². The number of nitrogens with zero attached hydrogens (tertiary/aromatic N) is 2. The fourth-order valence-electron chi connectivity index (χ4n) is 1.05. The van der Waals surface area contributed by atoms with Gasteiger partial charge in [-0.1, -0.05) is 24.3 Å². The zero-order valence-electron chi connectivity index (χ0n) is 5.86. The quantitative estimate of drug-likeness (QED) is 0.559. The molecule has 0 spiro atoms. The molecule has 0 unspecified atom stereocenters. The molecule has 2 aromatic rings. The maximum absolute atomic E-state index is 5.58. The maximum Gasteiger partial charge on any atom is 0.0754 e. The van der Waals surface area contributed by atoms with Crippen molar-refractivity contribution in [3.8, 4) is 0 Å². The molecule has 0 amide bonds. The van der Waals surface area contributed by atoms with Crippen molar-refractivity contribution in [3.63, 3.8) is 0 Å². The van der Waals surface area contributed by atoms with Crippen LogP contribution >= 0.6 is 0 Å². The summed E-state index contributed by atoms with van der Waals surface area (Å²) in [6, 6.07) is 7.77. The highest BCUT2D eigenvalue weighted by atomic mass is 15.1. The Balaban J connectivity index is 2.91. The second-order valence-corrected chi connectivity index (χ2v) is 2.32. The molecule has 0 aliphatic carbocycles. The number of hydrogen-bond acceptors (Lipinski definition) is 2. The van der Waals surface area contributed by atoms with Crippen LogP contribution in [-0.4, -0.2) is 10.2 Å². The van der Waals surface area contributed by atoms with Crippen LogP contribution in [-0.2, 0) is 0 Å². The Hall–Kier alpha value is -1.44. The van der Waals surface area contributed by atoms with Gasteiger partial charge in [0.05, 0.1) is 11.9 Å². The first-order valence-corrected chi connectivity index (χ1v) is 3.34. The first-order chi connectivity index (χ1) is 5.38. The molecule has 1 aromatic carbocycles. The van der Waals surface area contributed by atoms with Crippen molar-refractivity contribution >= 4 is 10.8 Å². The second kappa shape index (κ2) is 2.31. The van der Waals surface area contributed by atoms with Crippen molar-refractivity contribution < 1.29 is 0 Å². The Morgan fingerprint density at radius 2 is 2.00 bits per heavy atom. The lowest BCUT2D eigenvalue weighted by atomic mass is 10.1. The van der Waals surface area contributed by atoms with Crippen LogP contribution in [0.2, 0.25) is 0 Å². The molecule has 0 saturated carbocycles. The highest BCUT2D eigenvalue weighted by molar-refractivity contribution is 5.83. The summed E-state index contributed by atoms with van der Waals surface area (Å²) >= 11 is 0. The molecule has 2 rings (SSSR count). The van der Waals surface area contributed by atoms with Gasteiger partial charge in [-0.2, -0.15) is 10.2 Å². The molecule has 1 aromatic heterocycles. The third kappa shape index (κ3) is 0.963. The van der Waals surface area contributed by atoms with Crippen molar-refractivity contribution in [2.45, 2.75) is 0 Å². The van der Waals surface area contributed by atoms with Crippen LogP contribution in [0.5, 0.6) is 0 Å². The van der Waals surface area contributed by atoms with Gasteiger partial charge in [-0.05, 0) is 0 Å². The van der Waals surface area contributed by atoms with Gasteiger partial charge in [0.2, 0.25) is 0 Å². The smallest absolute Gasteiger partial charge is 0.0754 e. The zero-order chi connectivity index (χ0) is 7.68. The number of aromatic nitrogens is 2. The molecule has 2 nitrogen and oxygen atoms in total. The fourth-order valence-corrected chi connectivity index (χ4v) is 1.05. The van der Waals surface area contributed by atoms with E-state index in [2.05, 4.69) is 10.2 Å². The number of hydrogen-bond donors (Lipinski definition) is 0. The lowest BCUT2D eigenvalue weighted by Crippen LogP contribution is -1.86. The molecule has 0 bridgehead atoms. The summed E-state index contributed by atoms with van der Waals surface area (Å²) in [4.78, 5) is 0. The molecular weight excluding hydrogens is 136 g/mol. The molecule has 0 N–H and O–H groups in total. The monoisotopic (exact) mass is 142 g/mol. The maximum atomic E-state index is 5.58. The first kappa shape index (κ1) is 6.28. The molecule has 0 aliphatic rings. The molecule has 0 fully saturated rings. The van der Waals surface area contributed by atoms with E-state index in [1.807, 2.05) is 24.3 Å². The highest BCUT2D eigenvalue weighted by Crippen LogP contribution is 2.13. The van der Waals surface area contributed by atoms with Gasteiger partial charge >= 0.3 is 0 Å². The van der Waals surface area contributed by atoms with Gasteiger partial charge in [0, 0.05) is 17.7 Å². The first-order valence-electron chi connectivity index (χ1n) is 3.34. The molecular formula is C9H6N2. The predicted molar refractivity (Wildman–Crippen MR) is 42.9 cm³/mol. The lowest BCUT2D eigenvalue weighted by molar-refractivity contribution is 1.03. The number of rotatable bonds is 0. The van der Waals surface area contributed by atoms with Crippen LogP contribution in [0.3, 0.4) is 0 Å². The van der Waals surface area contributed by atoms with E-state index in [1.54, 1.807) is 6.20 Å². The van der Waals surface area contributed by atoms with Crippen molar-refractivity contribution in [3.05, 3.63) is 43.1 Å². The van der Waals surface area contributed by atoms with Crippen molar-refractivity contribution in [2.24, 2.45) is 0 Å². The second-order valence-electron chi connectivity index (χ2n) is 2.32. The average Bonchev–Trinajstić information content (AvgIpc) is 2.06. The summed E-state index contributed by atoms with van der Waals surface area (Å²) in [5.41, 5.74) is 0.489. The van der Waals surface area contributed by atoms with E-state index in [4.69, 9.17) is 6.92 Å². The summed E-state index contributed by atoms with van der Waals surface area (Å²) in [7, 11) is 0. The Morgan fingerprint density at radius 3 is 2.82 bits per heavy atom. The standard InChI is InChI=1S/C9H6N2/c1-7-9-5-3-2-4-8(9)6-10-11-7/h1-6H. The Morgan fingerprint density at radius 1 is 1.18 bits per heavy atom. The normalized spacial score (nSPS) is 10.3. The molecule has 2 radical (unpaired) electrons. The van der Waals surface area contributed by atoms with E-state index in [-0.39, 0.29) is 0 Å². The third-order valence-corrected chi connectivity index (χ3v) is 1.60. The fraction of sp³-hybridized carbons (Fsp3) is 0. The van der Waals surface area contributed by atoms with Crippen LogP contribution in [0.15, 0.2) is 30.5 Å². The van der Waals surface area contributed by atoms with Crippen LogP contribution in [0.25, 0.3) is 10.8 Å².